The predicted octanol–water partition coefficient (Wildman–Crippen LogP) is 4.50. The quantitative estimate of drug-likeness (QED) is 0.779. The Labute approximate surface area is 110 Å². The molecular weight excluding hydrogens is 249 g/mol. The van der Waals surface area contributed by atoms with E-state index in [0.717, 1.165) is 11.1 Å². The molecule has 0 saturated heterocycles. The zero-order chi connectivity index (χ0) is 13.1. The van der Waals surface area contributed by atoms with E-state index >= 15 is 0 Å². The van der Waals surface area contributed by atoms with E-state index in [1.807, 2.05) is 19.1 Å². The second-order valence-corrected chi connectivity index (χ2v) is 4.53. The molecule has 0 bridgehead atoms. The molecule has 0 amide bonds. The summed E-state index contributed by atoms with van der Waals surface area (Å²) in [6, 6.07) is 13.8. The summed E-state index contributed by atoms with van der Waals surface area (Å²) in [6.45, 7) is 2.00. The van der Waals surface area contributed by atoms with Crippen molar-refractivity contribution in [2.24, 2.45) is 0 Å². The first-order chi connectivity index (χ1) is 8.61. The molecular formula is C15H11ClFN. The smallest absolute Gasteiger partial charge is 0.124 e. The van der Waals surface area contributed by atoms with Crippen molar-refractivity contribution in [3.05, 3.63) is 70.0 Å². The first-order valence-electron chi connectivity index (χ1n) is 5.57. The molecule has 2 aromatic rings. The third-order valence-corrected chi connectivity index (χ3v) is 3.30. The van der Waals surface area contributed by atoms with E-state index in [2.05, 4.69) is 6.07 Å². The van der Waals surface area contributed by atoms with Crippen LogP contribution >= 0.6 is 11.6 Å². The van der Waals surface area contributed by atoms with Gasteiger partial charge >= 0.3 is 0 Å². The van der Waals surface area contributed by atoms with Crippen LogP contribution in [0.25, 0.3) is 0 Å². The molecule has 18 heavy (non-hydrogen) atoms. The lowest BCUT2D eigenvalue weighted by molar-refractivity contribution is 0.626. The molecule has 1 unspecified atom stereocenters. The number of halogens is 2. The fourth-order valence-corrected chi connectivity index (χ4v) is 2.21. The standard InChI is InChI=1S/C15H11ClFN/c1-10(12-4-2-11(9-18)3-5-12)14-7-6-13(17)8-15(14)16/h2-8,10H,1H3. The van der Waals surface area contributed by atoms with E-state index in [-0.39, 0.29) is 11.7 Å². The highest BCUT2D eigenvalue weighted by molar-refractivity contribution is 6.31. The molecule has 0 spiro atoms. The third kappa shape index (κ3) is 2.52. The Morgan fingerprint density at radius 1 is 1.17 bits per heavy atom. The zero-order valence-corrected chi connectivity index (χ0v) is 10.6. The Morgan fingerprint density at radius 3 is 2.39 bits per heavy atom. The maximum Gasteiger partial charge on any atom is 0.124 e. The van der Waals surface area contributed by atoms with E-state index in [9.17, 15) is 4.39 Å². The number of rotatable bonds is 2. The van der Waals surface area contributed by atoms with Crippen LogP contribution in [-0.4, -0.2) is 0 Å². The van der Waals surface area contributed by atoms with E-state index < -0.39 is 0 Å². The fraction of sp³-hybridized carbons (Fsp3) is 0.133. The molecule has 90 valence electrons. The minimum absolute atomic E-state index is 0.0610. The van der Waals surface area contributed by atoms with Gasteiger partial charge in [0.15, 0.2) is 0 Å². The highest BCUT2D eigenvalue weighted by Gasteiger charge is 2.12. The zero-order valence-electron chi connectivity index (χ0n) is 9.82. The third-order valence-electron chi connectivity index (χ3n) is 2.97. The summed E-state index contributed by atoms with van der Waals surface area (Å²) in [5, 5.41) is 9.17. The monoisotopic (exact) mass is 259 g/mol. The summed E-state index contributed by atoms with van der Waals surface area (Å²) in [4.78, 5) is 0. The van der Waals surface area contributed by atoms with Crippen molar-refractivity contribution in [1.29, 1.82) is 5.26 Å². The minimum Gasteiger partial charge on any atom is -0.207 e. The van der Waals surface area contributed by atoms with Crippen molar-refractivity contribution in [1.82, 2.24) is 0 Å². The van der Waals surface area contributed by atoms with Gasteiger partial charge in [-0.3, -0.25) is 0 Å². The van der Waals surface area contributed by atoms with E-state index in [4.69, 9.17) is 16.9 Å². The Hall–Kier alpha value is -1.85. The average Bonchev–Trinajstić information content (AvgIpc) is 2.38. The van der Waals surface area contributed by atoms with Crippen LogP contribution in [0, 0.1) is 17.1 Å². The molecule has 0 aliphatic rings. The second-order valence-electron chi connectivity index (χ2n) is 4.12. The second kappa shape index (κ2) is 5.20. The summed E-state index contributed by atoms with van der Waals surface area (Å²) >= 11 is 6.04. The van der Waals surface area contributed by atoms with Crippen LogP contribution in [0.15, 0.2) is 42.5 Å². The molecule has 2 aromatic carbocycles. The highest BCUT2D eigenvalue weighted by Crippen LogP contribution is 2.30. The Balaban J connectivity index is 2.35. The van der Waals surface area contributed by atoms with Crippen molar-refractivity contribution in [3.63, 3.8) is 0 Å². The molecule has 0 aromatic heterocycles. The predicted molar refractivity (Wildman–Crippen MR) is 70.1 cm³/mol. The molecule has 2 rings (SSSR count). The van der Waals surface area contributed by atoms with Crippen molar-refractivity contribution in [2.75, 3.05) is 0 Å². The van der Waals surface area contributed by atoms with Crippen LogP contribution in [0.1, 0.15) is 29.5 Å². The Bertz CT molecular complexity index is 599. The van der Waals surface area contributed by atoms with Crippen LogP contribution in [-0.2, 0) is 0 Å². The van der Waals surface area contributed by atoms with Crippen LogP contribution in [0.5, 0.6) is 0 Å². The van der Waals surface area contributed by atoms with Crippen LogP contribution in [0.2, 0.25) is 5.02 Å². The molecule has 1 nitrogen and oxygen atoms in total. The van der Waals surface area contributed by atoms with Crippen molar-refractivity contribution in [2.45, 2.75) is 12.8 Å². The SMILES string of the molecule is CC(c1ccc(C#N)cc1)c1ccc(F)cc1Cl. The molecule has 0 heterocycles. The summed E-state index contributed by atoms with van der Waals surface area (Å²) in [7, 11) is 0. The lowest BCUT2D eigenvalue weighted by atomic mass is 9.92. The van der Waals surface area contributed by atoms with Gasteiger partial charge in [0.05, 0.1) is 11.6 Å². The van der Waals surface area contributed by atoms with Crippen molar-refractivity contribution in [3.8, 4) is 6.07 Å². The average molecular weight is 260 g/mol. The van der Waals surface area contributed by atoms with Crippen molar-refractivity contribution >= 4 is 11.6 Å². The molecule has 0 aliphatic heterocycles. The van der Waals surface area contributed by atoms with Gasteiger partial charge < -0.3 is 0 Å². The highest BCUT2D eigenvalue weighted by atomic mass is 35.5. The van der Waals surface area contributed by atoms with Gasteiger partial charge in [0.2, 0.25) is 0 Å². The normalized spacial score (nSPS) is 11.9. The fourth-order valence-electron chi connectivity index (χ4n) is 1.88. The first-order valence-corrected chi connectivity index (χ1v) is 5.94. The molecule has 3 heteroatoms. The molecule has 0 aliphatic carbocycles. The number of benzene rings is 2. The van der Waals surface area contributed by atoms with Gasteiger partial charge in [0.25, 0.3) is 0 Å². The van der Waals surface area contributed by atoms with Crippen LogP contribution < -0.4 is 0 Å². The summed E-state index contributed by atoms with van der Waals surface area (Å²) in [6.07, 6.45) is 0. The number of nitriles is 1. The number of nitrogens with zero attached hydrogens (tertiary/aromatic N) is 1. The van der Waals surface area contributed by atoms with Gasteiger partial charge in [-0.25, -0.2) is 4.39 Å². The van der Waals surface area contributed by atoms with Crippen LogP contribution in [0.4, 0.5) is 4.39 Å². The minimum atomic E-state index is -0.337. The van der Waals surface area contributed by atoms with Crippen molar-refractivity contribution < 1.29 is 4.39 Å². The lowest BCUT2D eigenvalue weighted by Gasteiger charge is -2.14. The van der Waals surface area contributed by atoms with Gasteiger partial charge in [-0.15, -0.1) is 0 Å². The topological polar surface area (TPSA) is 23.8 Å². The largest absolute Gasteiger partial charge is 0.207 e. The van der Waals surface area contributed by atoms with Crippen LogP contribution in [0.3, 0.4) is 0 Å². The van der Waals surface area contributed by atoms with Gasteiger partial charge in [0, 0.05) is 10.9 Å². The molecule has 1 atom stereocenters. The summed E-state index contributed by atoms with van der Waals surface area (Å²) in [5.41, 5.74) is 2.54. The maximum atomic E-state index is 13.0. The Kier molecular flexibility index (Phi) is 3.64. The molecule has 0 radical (unpaired) electrons. The first kappa shape index (κ1) is 12.6. The summed E-state index contributed by atoms with van der Waals surface area (Å²) < 4.78 is 13.0. The summed E-state index contributed by atoms with van der Waals surface area (Å²) in [5.74, 6) is -0.276. The molecule has 0 saturated carbocycles. The lowest BCUT2D eigenvalue weighted by Crippen LogP contribution is -1.97. The van der Waals surface area contributed by atoms with E-state index in [1.54, 1.807) is 18.2 Å². The van der Waals surface area contributed by atoms with E-state index in [1.165, 1.54) is 12.1 Å². The molecule has 0 fully saturated rings. The maximum absolute atomic E-state index is 13.0. The Morgan fingerprint density at radius 2 is 1.83 bits per heavy atom. The van der Waals surface area contributed by atoms with Gasteiger partial charge in [-0.1, -0.05) is 36.7 Å². The molecule has 0 N–H and O–H groups in total. The number of hydrogen-bond donors (Lipinski definition) is 0. The van der Waals surface area contributed by atoms with E-state index in [0.29, 0.717) is 10.6 Å². The van der Waals surface area contributed by atoms with Gasteiger partial charge in [-0.2, -0.15) is 5.26 Å². The number of hydrogen-bond acceptors (Lipinski definition) is 1. The van der Waals surface area contributed by atoms with Gasteiger partial charge in [0.1, 0.15) is 5.82 Å². The van der Waals surface area contributed by atoms with Gasteiger partial charge in [-0.05, 0) is 35.4 Å².